The van der Waals surface area contributed by atoms with Gasteiger partial charge < -0.3 is 25.2 Å². The number of methoxy groups -OCH3 is 1. The van der Waals surface area contributed by atoms with Crippen LogP contribution in [-0.4, -0.2) is 29.0 Å². The Balaban J connectivity index is 1.49. The highest BCUT2D eigenvalue weighted by Gasteiger charge is 2.36. The summed E-state index contributed by atoms with van der Waals surface area (Å²) in [5, 5.41) is 15.6. The van der Waals surface area contributed by atoms with Crippen LogP contribution in [0.5, 0.6) is 23.0 Å². The molecule has 37 heavy (non-hydrogen) atoms. The summed E-state index contributed by atoms with van der Waals surface area (Å²) in [5.74, 6) is -2.25. The molecule has 2 amide bonds. The van der Waals surface area contributed by atoms with Gasteiger partial charge in [-0.15, -0.1) is 0 Å². The molecule has 8 nitrogen and oxygen atoms in total. The molecule has 0 saturated heterocycles. The third kappa shape index (κ3) is 5.43. The van der Waals surface area contributed by atoms with Gasteiger partial charge in [-0.2, -0.15) is 0 Å². The van der Waals surface area contributed by atoms with Gasteiger partial charge in [0.2, 0.25) is 11.8 Å². The molecule has 3 N–H and O–H groups in total. The lowest BCUT2D eigenvalue weighted by molar-refractivity contribution is -0.135. The zero-order valence-corrected chi connectivity index (χ0v) is 20.1. The predicted octanol–water partition coefficient (Wildman–Crippen LogP) is 5.62. The van der Waals surface area contributed by atoms with E-state index in [1.165, 1.54) is 81.8 Å². The number of amides is 2. The van der Waals surface area contributed by atoms with E-state index < -0.39 is 28.9 Å². The van der Waals surface area contributed by atoms with E-state index in [4.69, 9.17) is 9.47 Å². The van der Waals surface area contributed by atoms with Crippen molar-refractivity contribution in [3.05, 3.63) is 78.5 Å². The molecule has 4 rings (SSSR count). The predicted molar refractivity (Wildman–Crippen MR) is 134 cm³/mol. The molecule has 0 aliphatic rings. The maximum atomic E-state index is 14.9. The van der Waals surface area contributed by atoms with E-state index in [0.717, 1.165) is 6.07 Å². The standard InChI is InChI=1S/C27H23F2N3O5/c1-27(2,25(34)31-16-6-4-15(28)5-7-16)26(35)32-17-8-9-23(19(29)12-17)37-22-10-11-30-20-14-21(33)24(36-3)13-18(20)22/h4-14,33H,1-3H3,(H,31,34)(H,32,35). The van der Waals surface area contributed by atoms with Crippen LogP contribution < -0.4 is 20.1 Å². The number of aromatic nitrogens is 1. The molecule has 1 heterocycles. The van der Waals surface area contributed by atoms with E-state index >= 15 is 0 Å². The van der Waals surface area contributed by atoms with Crippen LogP contribution in [0.4, 0.5) is 20.2 Å². The fourth-order valence-electron chi connectivity index (χ4n) is 3.38. The van der Waals surface area contributed by atoms with E-state index in [0.29, 0.717) is 16.6 Å². The summed E-state index contributed by atoms with van der Waals surface area (Å²) in [6.07, 6.45) is 1.45. The van der Waals surface area contributed by atoms with Crippen LogP contribution in [-0.2, 0) is 9.59 Å². The minimum Gasteiger partial charge on any atom is -0.504 e. The molecule has 0 saturated carbocycles. The van der Waals surface area contributed by atoms with Crippen molar-refractivity contribution in [3.63, 3.8) is 0 Å². The van der Waals surface area contributed by atoms with Crippen molar-refractivity contribution in [1.29, 1.82) is 0 Å². The van der Waals surface area contributed by atoms with Gasteiger partial charge in [0.25, 0.3) is 0 Å². The normalized spacial score (nSPS) is 11.2. The quantitative estimate of drug-likeness (QED) is 0.280. The van der Waals surface area contributed by atoms with E-state index in [1.807, 2.05) is 0 Å². The van der Waals surface area contributed by atoms with Crippen LogP contribution in [0.15, 0.2) is 66.9 Å². The van der Waals surface area contributed by atoms with E-state index in [-0.39, 0.29) is 28.7 Å². The number of ether oxygens (including phenoxy) is 2. The molecule has 0 aliphatic heterocycles. The van der Waals surface area contributed by atoms with Crippen LogP contribution in [0.2, 0.25) is 0 Å². The number of phenolic OH excluding ortho intramolecular Hbond substituents is 1. The number of nitrogens with zero attached hydrogens (tertiary/aromatic N) is 1. The largest absolute Gasteiger partial charge is 0.504 e. The number of pyridine rings is 1. The number of carbonyl (C=O) groups excluding carboxylic acids is 2. The second-order valence-corrected chi connectivity index (χ2v) is 8.64. The van der Waals surface area contributed by atoms with E-state index in [2.05, 4.69) is 15.6 Å². The average molecular weight is 507 g/mol. The fourth-order valence-corrected chi connectivity index (χ4v) is 3.38. The third-order valence-corrected chi connectivity index (χ3v) is 5.65. The van der Waals surface area contributed by atoms with Gasteiger partial charge in [0.15, 0.2) is 23.1 Å². The Kier molecular flexibility index (Phi) is 6.92. The highest BCUT2D eigenvalue weighted by Crippen LogP contribution is 2.37. The highest BCUT2D eigenvalue weighted by molar-refractivity contribution is 6.14. The fraction of sp³-hybridized carbons (Fsp3) is 0.148. The first-order valence-electron chi connectivity index (χ1n) is 11.1. The van der Waals surface area contributed by atoms with Crippen LogP contribution >= 0.6 is 0 Å². The molecular formula is C27H23F2N3O5. The van der Waals surface area contributed by atoms with Gasteiger partial charge in [-0.3, -0.25) is 14.6 Å². The Hall–Kier alpha value is -4.73. The first-order valence-corrected chi connectivity index (χ1v) is 11.1. The molecule has 0 atom stereocenters. The Morgan fingerprint density at radius 3 is 2.16 bits per heavy atom. The van der Waals surface area contributed by atoms with E-state index in [9.17, 15) is 23.5 Å². The molecule has 0 aliphatic carbocycles. The molecule has 1 aromatic heterocycles. The highest BCUT2D eigenvalue weighted by atomic mass is 19.1. The van der Waals surface area contributed by atoms with Crippen molar-refractivity contribution in [2.75, 3.05) is 17.7 Å². The SMILES string of the molecule is COc1cc2c(Oc3ccc(NC(=O)C(C)(C)C(=O)Nc4ccc(F)cc4)cc3F)ccnc2cc1O. The number of anilines is 2. The van der Waals surface area contributed by atoms with Gasteiger partial charge in [0, 0.05) is 35.1 Å². The summed E-state index contributed by atoms with van der Waals surface area (Å²) in [7, 11) is 1.40. The zero-order valence-electron chi connectivity index (χ0n) is 20.1. The van der Waals surface area contributed by atoms with Gasteiger partial charge in [-0.05, 0) is 62.4 Å². The maximum absolute atomic E-state index is 14.9. The van der Waals surface area contributed by atoms with Crippen LogP contribution in [0, 0.1) is 17.0 Å². The van der Waals surface area contributed by atoms with Gasteiger partial charge in [-0.25, -0.2) is 8.78 Å². The monoisotopic (exact) mass is 507 g/mol. The lowest BCUT2D eigenvalue weighted by atomic mass is 9.90. The van der Waals surface area contributed by atoms with Crippen molar-refractivity contribution in [2.45, 2.75) is 13.8 Å². The Morgan fingerprint density at radius 1 is 0.865 bits per heavy atom. The maximum Gasteiger partial charge on any atom is 0.239 e. The van der Waals surface area contributed by atoms with Crippen LogP contribution in [0.25, 0.3) is 10.9 Å². The minimum absolute atomic E-state index is 0.0970. The van der Waals surface area contributed by atoms with Gasteiger partial charge >= 0.3 is 0 Å². The van der Waals surface area contributed by atoms with E-state index in [1.54, 1.807) is 0 Å². The Morgan fingerprint density at radius 2 is 1.51 bits per heavy atom. The van der Waals surface area contributed by atoms with Crippen molar-refractivity contribution in [1.82, 2.24) is 4.98 Å². The summed E-state index contributed by atoms with van der Waals surface area (Å²) >= 11 is 0. The molecule has 0 radical (unpaired) electrons. The average Bonchev–Trinajstić information content (AvgIpc) is 2.86. The summed E-state index contributed by atoms with van der Waals surface area (Å²) in [6.45, 7) is 2.82. The van der Waals surface area contributed by atoms with Crippen molar-refractivity contribution >= 4 is 34.1 Å². The number of benzene rings is 3. The molecule has 4 aromatic rings. The smallest absolute Gasteiger partial charge is 0.239 e. The number of carbonyl (C=O) groups is 2. The molecule has 0 spiro atoms. The number of phenols is 1. The molecule has 0 fully saturated rings. The molecule has 0 bridgehead atoms. The topological polar surface area (TPSA) is 110 Å². The second-order valence-electron chi connectivity index (χ2n) is 8.64. The minimum atomic E-state index is -1.53. The second kappa shape index (κ2) is 10.1. The molecule has 0 unspecified atom stereocenters. The number of fused-ring (bicyclic) bond motifs is 1. The summed E-state index contributed by atoms with van der Waals surface area (Å²) < 4.78 is 38.9. The summed E-state index contributed by atoms with van der Waals surface area (Å²) in [5.41, 5.74) is -0.665. The number of hydrogen-bond acceptors (Lipinski definition) is 6. The van der Waals surface area contributed by atoms with Crippen molar-refractivity contribution in [3.8, 4) is 23.0 Å². The van der Waals surface area contributed by atoms with Crippen LogP contribution in [0.1, 0.15) is 13.8 Å². The Labute approximate surface area is 210 Å². The molecule has 190 valence electrons. The Bertz CT molecular complexity index is 1490. The number of nitrogens with one attached hydrogen (secondary N) is 2. The lowest BCUT2D eigenvalue weighted by Gasteiger charge is -2.23. The summed E-state index contributed by atoms with van der Waals surface area (Å²) in [6, 6.07) is 13.4. The molecule has 3 aromatic carbocycles. The first-order chi connectivity index (χ1) is 17.6. The molecule has 10 heteroatoms. The number of hydrogen-bond donors (Lipinski definition) is 3. The van der Waals surface area contributed by atoms with Gasteiger partial charge in [0.1, 0.15) is 17.0 Å². The molecular weight excluding hydrogens is 484 g/mol. The number of aromatic hydroxyl groups is 1. The van der Waals surface area contributed by atoms with Crippen molar-refractivity contribution < 1.29 is 33.0 Å². The van der Waals surface area contributed by atoms with Gasteiger partial charge in [0.05, 0.1) is 12.6 Å². The van der Waals surface area contributed by atoms with Crippen LogP contribution in [0.3, 0.4) is 0 Å². The number of halogens is 2. The van der Waals surface area contributed by atoms with Gasteiger partial charge in [-0.1, -0.05) is 0 Å². The summed E-state index contributed by atoms with van der Waals surface area (Å²) in [4.78, 5) is 29.6. The third-order valence-electron chi connectivity index (χ3n) is 5.65. The zero-order chi connectivity index (χ0) is 26.7. The first kappa shape index (κ1) is 25.4. The lowest BCUT2D eigenvalue weighted by Crippen LogP contribution is -2.41. The number of rotatable bonds is 7. The van der Waals surface area contributed by atoms with Crippen molar-refractivity contribution in [2.24, 2.45) is 5.41 Å².